The number of halogens is 5. The minimum Gasteiger partial charge on any atom is -0.479 e. The molecule has 28 heavy (non-hydrogen) atoms. The van der Waals surface area contributed by atoms with Crippen LogP contribution < -0.4 is 4.74 Å². The fourth-order valence-corrected chi connectivity index (χ4v) is 2.93. The molecule has 0 fully saturated rings. The monoisotopic (exact) mass is 430 g/mol. The number of ether oxygens (including phenoxy) is 1. The maximum Gasteiger partial charge on any atom is 0.416 e. The molecule has 146 valence electrons. The number of rotatable bonds is 5. The van der Waals surface area contributed by atoms with Crippen molar-refractivity contribution in [2.75, 3.05) is 6.61 Å². The standard InChI is InChI=1S/C18H11Cl2F3N2O3/c19-12-5-6-14(13(20)7-12)25-15(8-16(24-25)28-9-17(26)27)10-1-3-11(4-2-10)18(21,22)23/h1-8H,9H2,(H,26,27). The van der Waals surface area contributed by atoms with E-state index in [0.29, 0.717) is 22.0 Å². The molecule has 1 heterocycles. The number of carbonyl (C=O) groups is 1. The van der Waals surface area contributed by atoms with Gasteiger partial charge >= 0.3 is 12.1 Å². The molecule has 0 saturated heterocycles. The van der Waals surface area contributed by atoms with Gasteiger partial charge in [-0.25, -0.2) is 9.48 Å². The maximum atomic E-state index is 12.8. The largest absolute Gasteiger partial charge is 0.479 e. The predicted octanol–water partition coefficient (Wildman–Crippen LogP) is 5.33. The lowest BCUT2D eigenvalue weighted by molar-refractivity contribution is -0.139. The van der Waals surface area contributed by atoms with Gasteiger partial charge in [0.1, 0.15) is 0 Å². The Morgan fingerprint density at radius 2 is 1.79 bits per heavy atom. The zero-order valence-corrected chi connectivity index (χ0v) is 15.4. The number of hydrogen-bond donors (Lipinski definition) is 1. The summed E-state index contributed by atoms with van der Waals surface area (Å²) in [5.74, 6) is -1.22. The molecule has 1 aromatic heterocycles. The van der Waals surface area contributed by atoms with E-state index in [9.17, 15) is 18.0 Å². The molecule has 10 heteroatoms. The highest BCUT2D eigenvalue weighted by molar-refractivity contribution is 6.35. The third-order valence-electron chi connectivity index (χ3n) is 3.68. The van der Waals surface area contributed by atoms with E-state index in [1.165, 1.54) is 28.9 Å². The molecule has 3 rings (SSSR count). The third kappa shape index (κ3) is 4.40. The van der Waals surface area contributed by atoms with Crippen LogP contribution in [-0.4, -0.2) is 27.5 Å². The molecule has 0 aliphatic carbocycles. The Morgan fingerprint density at radius 1 is 1.11 bits per heavy atom. The topological polar surface area (TPSA) is 64.3 Å². The summed E-state index contributed by atoms with van der Waals surface area (Å²) in [4.78, 5) is 10.7. The summed E-state index contributed by atoms with van der Waals surface area (Å²) in [5, 5.41) is 13.6. The second-order valence-electron chi connectivity index (χ2n) is 5.63. The number of nitrogens with zero attached hydrogens (tertiary/aromatic N) is 2. The minimum absolute atomic E-state index is 0.0247. The third-order valence-corrected chi connectivity index (χ3v) is 4.21. The van der Waals surface area contributed by atoms with Crippen molar-refractivity contribution in [2.45, 2.75) is 6.18 Å². The average Bonchev–Trinajstić information content (AvgIpc) is 3.03. The van der Waals surface area contributed by atoms with Gasteiger partial charge in [-0.15, -0.1) is 5.10 Å². The number of aliphatic carboxylic acids is 1. The molecule has 0 aliphatic heterocycles. The molecule has 0 unspecified atom stereocenters. The second kappa shape index (κ2) is 7.73. The zero-order valence-electron chi connectivity index (χ0n) is 13.9. The highest BCUT2D eigenvalue weighted by atomic mass is 35.5. The number of carboxylic acid groups (broad SMARTS) is 1. The van der Waals surface area contributed by atoms with E-state index in [0.717, 1.165) is 12.1 Å². The van der Waals surface area contributed by atoms with Crippen LogP contribution in [0.3, 0.4) is 0 Å². The lowest BCUT2D eigenvalue weighted by Gasteiger charge is -2.11. The first-order chi connectivity index (χ1) is 13.1. The molecule has 2 aromatic carbocycles. The average molecular weight is 431 g/mol. The Labute approximate surface area is 166 Å². The Hall–Kier alpha value is -2.71. The number of aromatic nitrogens is 2. The van der Waals surface area contributed by atoms with Crippen molar-refractivity contribution in [2.24, 2.45) is 0 Å². The number of benzene rings is 2. The van der Waals surface area contributed by atoms with Crippen LogP contribution in [0, 0.1) is 0 Å². The molecule has 0 radical (unpaired) electrons. The van der Waals surface area contributed by atoms with Gasteiger partial charge < -0.3 is 9.84 Å². The lowest BCUT2D eigenvalue weighted by atomic mass is 10.1. The van der Waals surface area contributed by atoms with E-state index in [2.05, 4.69) is 5.10 Å². The highest BCUT2D eigenvalue weighted by Crippen LogP contribution is 2.34. The van der Waals surface area contributed by atoms with Crippen molar-refractivity contribution in [3.8, 4) is 22.8 Å². The van der Waals surface area contributed by atoms with Crippen LogP contribution in [0.1, 0.15) is 5.56 Å². The van der Waals surface area contributed by atoms with Gasteiger partial charge in [-0.3, -0.25) is 0 Å². The minimum atomic E-state index is -4.46. The number of alkyl halides is 3. The van der Waals surface area contributed by atoms with E-state index >= 15 is 0 Å². The molecule has 5 nitrogen and oxygen atoms in total. The van der Waals surface area contributed by atoms with Crippen LogP contribution in [0.5, 0.6) is 5.88 Å². The van der Waals surface area contributed by atoms with Gasteiger partial charge in [0.25, 0.3) is 0 Å². The molecule has 0 aliphatic rings. The van der Waals surface area contributed by atoms with Gasteiger partial charge in [-0.2, -0.15) is 13.2 Å². The first-order valence-electron chi connectivity index (χ1n) is 7.73. The first kappa shape index (κ1) is 20.0. The molecule has 3 aromatic rings. The Balaban J connectivity index is 2.09. The van der Waals surface area contributed by atoms with Gasteiger partial charge in [0.2, 0.25) is 5.88 Å². The molecule has 0 bridgehead atoms. The van der Waals surface area contributed by atoms with Crippen LogP contribution in [-0.2, 0) is 11.0 Å². The normalized spacial score (nSPS) is 11.5. The van der Waals surface area contributed by atoms with Crippen molar-refractivity contribution in [3.63, 3.8) is 0 Å². The molecule has 1 N–H and O–H groups in total. The Morgan fingerprint density at radius 3 is 2.36 bits per heavy atom. The van der Waals surface area contributed by atoms with E-state index in [-0.39, 0.29) is 10.9 Å². The van der Waals surface area contributed by atoms with Crippen LogP contribution in [0.4, 0.5) is 13.2 Å². The quantitative estimate of drug-likeness (QED) is 0.594. The van der Waals surface area contributed by atoms with Crippen LogP contribution in [0.15, 0.2) is 48.5 Å². The van der Waals surface area contributed by atoms with E-state index in [1.807, 2.05) is 0 Å². The number of carboxylic acids is 1. The summed E-state index contributed by atoms with van der Waals surface area (Å²) >= 11 is 12.1. The van der Waals surface area contributed by atoms with Gasteiger partial charge in [0, 0.05) is 16.7 Å². The summed E-state index contributed by atoms with van der Waals surface area (Å²) in [7, 11) is 0. The summed E-state index contributed by atoms with van der Waals surface area (Å²) in [5.41, 5.74) is 0.357. The van der Waals surface area contributed by atoms with Crippen molar-refractivity contribution in [1.82, 2.24) is 9.78 Å². The van der Waals surface area contributed by atoms with Crippen LogP contribution in [0.2, 0.25) is 10.0 Å². The molecule has 0 saturated carbocycles. The first-order valence-corrected chi connectivity index (χ1v) is 8.48. The molecular formula is C18H11Cl2F3N2O3. The molecule has 0 spiro atoms. The highest BCUT2D eigenvalue weighted by Gasteiger charge is 2.30. The van der Waals surface area contributed by atoms with Crippen LogP contribution >= 0.6 is 23.2 Å². The van der Waals surface area contributed by atoms with Crippen molar-refractivity contribution >= 4 is 29.2 Å². The molecule has 0 amide bonds. The van der Waals surface area contributed by atoms with E-state index in [4.69, 9.17) is 33.0 Å². The maximum absolute atomic E-state index is 12.8. The SMILES string of the molecule is O=C(O)COc1cc(-c2ccc(C(F)(F)F)cc2)n(-c2ccc(Cl)cc2Cl)n1. The fraction of sp³-hybridized carbons (Fsp3) is 0.111. The Bertz CT molecular complexity index is 1020. The zero-order chi connectivity index (χ0) is 20.5. The van der Waals surface area contributed by atoms with Gasteiger partial charge in [-0.1, -0.05) is 35.3 Å². The van der Waals surface area contributed by atoms with Crippen molar-refractivity contribution < 1.29 is 27.8 Å². The summed E-state index contributed by atoms with van der Waals surface area (Å²) in [6.45, 7) is -0.627. The predicted molar refractivity (Wildman–Crippen MR) is 97.2 cm³/mol. The fourth-order valence-electron chi connectivity index (χ4n) is 2.44. The van der Waals surface area contributed by atoms with Crippen LogP contribution in [0.25, 0.3) is 16.9 Å². The van der Waals surface area contributed by atoms with Crippen molar-refractivity contribution in [1.29, 1.82) is 0 Å². The summed E-state index contributed by atoms with van der Waals surface area (Å²) in [6.07, 6.45) is -4.46. The lowest BCUT2D eigenvalue weighted by Crippen LogP contribution is -2.10. The summed E-state index contributed by atoms with van der Waals surface area (Å²) in [6, 6.07) is 10.5. The van der Waals surface area contributed by atoms with E-state index < -0.39 is 24.3 Å². The second-order valence-corrected chi connectivity index (χ2v) is 6.48. The Kier molecular flexibility index (Phi) is 5.53. The van der Waals surface area contributed by atoms with Gasteiger partial charge in [0.15, 0.2) is 6.61 Å². The van der Waals surface area contributed by atoms with Crippen molar-refractivity contribution in [3.05, 3.63) is 64.1 Å². The van der Waals surface area contributed by atoms with Gasteiger partial charge in [-0.05, 0) is 30.3 Å². The summed E-state index contributed by atoms with van der Waals surface area (Å²) < 4.78 is 44.9. The van der Waals surface area contributed by atoms with E-state index in [1.54, 1.807) is 12.1 Å². The molecule has 0 atom stereocenters. The van der Waals surface area contributed by atoms with Gasteiger partial charge in [0.05, 0.1) is 22.0 Å². The number of hydrogen-bond acceptors (Lipinski definition) is 3. The molecular weight excluding hydrogens is 420 g/mol. The smallest absolute Gasteiger partial charge is 0.416 e.